The number of carbonyl (C=O) groups excluding carboxylic acids is 2. The van der Waals surface area contributed by atoms with Gasteiger partial charge in [-0.05, 0) is 60.8 Å². The summed E-state index contributed by atoms with van der Waals surface area (Å²) >= 11 is 0. The Hall–Kier alpha value is -3.35. The second-order valence-corrected chi connectivity index (χ2v) is 9.44. The van der Waals surface area contributed by atoms with E-state index in [1.165, 1.54) is 11.1 Å². The predicted molar refractivity (Wildman–Crippen MR) is 128 cm³/mol. The van der Waals surface area contributed by atoms with Crippen molar-refractivity contribution in [2.75, 3.05) is 13.2 Å². The molecule has 0 saturated heterocycles. The summed E-state index contributed by atoms with van der Waals surface area (Å²) in [6.45, 7) is 2.56. The standard InChI is InChI=1S/C27H32N2O5/c1-17(14-25(30)28-15-18-10-12-19(13-11-18)26(31)32)29-27(33)34-16-24-22-8-4-2-6-20(22)21-7-3-5-9-23(21)24/h2-9,17-19,24H,10-16H2,1H3,(H,28,30)(H,29,33)(H,31,32)/t17-,18?,19?/m0/s1. The lowest BCUT2D eigenvalue weighted by molar-refractivity contribution is -0.143. The molecule has 0 spiro atoms. The van der Waals surface area contributed by atoms with Crippen LogP contribution in [0.3, 0.4) is 0 Å². The van der Waals surface area contributed by atoms with Gasteiger partial charge in [0.25, 0.3) is 0 Å². The molecule has 1 atom stereocenters. The van der Waals surface area contributed by atoms with Crippen LogP contribution < -0.4 is 10.6 Å². The van der Waals surface area contributed by atoms with Crippen LogP contribution in [0, 0.1) is 11.8 Å². The number of carbonyl (C=O) groups is 3. The van der Waals surface area contributed by atoms with Crippen LogP contribution in [-0.2, 0) is 14.3 Å². The second-order valence-electron chi connectivity index (χ2n) is 9.44. The summed E-state index contributed by atoms with van der Waals surface area (Å²) < 4.78 is 5.55. The Kier molecular flexibility index (Phi) is 7.50. The summed E-state index contributed by atoms with van der Waals surface area (Å²) in [5, 5.41) is 14.8. The minimum atomic E-state index is -0.726. The fourth-order valence-electron chi connectivity index (χ4n) is 5.11. The zero-order valence-corrected chi connectivity index (χ0v) is 19.5. The Bertz CT molecular complexity index is 999. The van der Waals surface area contributed by atoms with E-state index >= 15 is 0 Å². The Balaban J connectivity index is 1.20. The van der Waals surface area contributed by atoms with Crippen LogP contribution in [0.15, 0.2) is 48.5 Å². The van der Waals surface area contributed by atoms with Crippen LogP contribution in [0.4, 0.5) is 4.79 Å². The van der Waals surface area contributed by atoms with Crippen molar-refractivity contribution in [2.24, 2.45) is 11.8 Å². The Morgan fingerprint density at radius 3 is 2.15 bits per heavy atom. The topological polar surface area (TPSA) is 105 Å². The molecule has 3 N–H and O–H groups in total. The molecule has 2 amide bonds. The molecular weight excluding hydrogens is 432 g/mol. The third-order valence-electron chi connectivity index (χ3n) is 6.98. The van der Waals surface area contributed by atoms with Crippen LogP contribution in [0.1, 0.15) is 56.1 Å². The molecule has 2 aliphatic carbocycles. The van der Waals surface area contributed by atoms with E-state index in [0.717, 1.165) is 24.0 Å². The summed E-state index contributed by atoms with van der Waals surface area (Å²) in [6.07, 6.45) is 2.57. The molecule has 0 unspecified atom stereocenters. The molecule has 2 aromatic rings. The number of hydrogen-bond acceptors (Lipinski definition) is 4. The molecule has 180 valence electrons. The van der Waals surface area contributed by atoms with Gasteiger partial charge in [0, 0.05) is 24.9 Å². The average Bonchev–Trinajstić information content (AvgIpc) is 3.15. The molecule has 0 radical (unpaired) electrons. The average molecular weight is 465 g/mol. The van der Waals surface area contributed by atoms with Gasteiger partial charge >= 0.3 is 12.1 Å². The minimum absolute atomic E-state index is 0.00651. The molecule has 0 aliphatic heterocycles. The van der Waals surface area contributed by atoms with Gasteiger partial charge in [-0.15, -0.1) is 0 Å². The Labute approximate surface area is 199 Å². The fourth-order valence-corrected chi connectivity index (χ4v) is 5.11. The van der Waals surface area contributed by atoms with E-state index in [1.54, 1.807) is 6.92 Å². The Morgan fingerprint density at radius 2 is 1.56 bits per heavy atom. The number of carboxylic acid groups (broad SMARTS) is 1. The first kappa shape index (κ1) is 23.8. The monoisotopic (exact) mass is 464 g/mol. The smallest absolute Gasteiger partial charge is 0.407 e. The molecular formula is C27H32N2O5. The van der Waals surface area contributed by atoms with Crippen molar-refractivity contribution in [3.8, 4) is 11.1 Å². The molecule has 0 heterocycles. The molecule has 1 saturated carbocycles. The number of fused-ring (bicyclic) bond motifs is 3. The first-order valence-electron chi connectivity index (χ1n) is 12.0. The van der Waals surface area contributed by atoms with Crippen LogP contribution in [-0.4, -0.2) is 42.3 Å². The zero-order valence-electron chi connectivity index (χ0n) is 19.5. The molecule has 0 aromatic heterocycles. The molecule has 1 fully saturated rings. The normalized spacial score (nSPS) is 20.0. The largest absolute Gasteiger partial charge is 0.481 e. The second kappa shape index (κ2) is 10.7. The Morgan fingerprint density at radius 1 is 0.971 bits per heavy atom. The summed E-state index contributed by atoms with van der Waals surface area (Å²) in [7, 11) is 0. The van der Waals surface area contributed by atoms with Crippen LogP contribution in [0.25, 0.3) is 11.1 Å². The van der Waals surface area contributed by atoms with E-state index in [2.05, 4.69) is 34.9 Å². The number of alkyl carbamates (subject to hydrolysis) is 1. The first-order chi connectivity index (χ1) is 16.4. The molecule has 4 rings (SSSR count). The van der Waals surface area contributed by atoms with Gasteiger partial charge in [-0.2, -0.15) is 0 Å². The van der Waals surface area contributed by atoms with Crippen molar-refractivity contribution < 1.29 is 24.2 Å². The molecule has 7 heteroatoms. The SMILES string of the molecule is C[C@@H](CC(=O)NCC1CCC(C(=O)O)CC1)NC(=O)OCC1c2ccccc2-c2ccccc21. The zero-order chi connectivity index (χ0) is 24.1. The summed E-state index contributed by atoms with van der Waals surface area (Å²) in [6, 6.07) is 16.0. The van der Waals surface area contributed by atoms with E-state index < -0.39 is 12.1 Å². The van der Waals surface area contributed by atoms with Gasteiger partial charge in [-0.3, -0.25) is 9.59 Å². The van der Waals surface area contributed by atoms with E-state index in [1.807, 2.05) is 24.3 Å². The van der Waals surface area contributed by atoms with Crippen molar-refractivity contribution in [2.45, 2.75) is 51.0 Å². The van der Waals surface area contributed by atoms with E-state index in [0.29, 0.717) is 25.3 Å². The van der Waals surface area contributed by atoms with Crippen molar-refractivity contribution in [3.63, 3.8) is 0 Å². The number of aliphatic carboxylic acids is 1. The first-order valence-corrected chi connectivity index (χ1v) is 12.0. The lowest BCUT2D eigenvalue weighted by atomic mass is 9.82. The number of carboxylic acids is 1. The van der Waals surface area contributed by atoms with Gasteiger partial charge in [-0.1, -0.05) is 48.5 Å². The van der Waals surface area contributed by atoms with E-state index in [-0.39, 0.29) is 36.8 Å². The highest BCUT2D eigenvalue weighted by Gasteiger charge is 2.29. The lowest BCUT2D eigenvalue weighted by Crippen LogP contribution is -2.39. The summed E-state index contributed by atoms with van der Waals surface area (Å²) in [4.78, 5) is 35.7. The number of hydrogen-bond donors (Lipinski definition) is 3. The maximum Gasteiger partial charge on any atom is 0.407 e. The minimum Gasteiger partial charge on any atom is -0.481 e. The molecule has 2 aliphatic rings. The highest BCUT2D eigenvalue weighted by atomic mass is 16.5. The maximum atomic E-state index is 12.4. The molecule has 34 heavy (non-hydrogen) atoms. The number of rotatable bonds is 8. The van der Waals surface area contributed by atoms with E-state index in [9.17, 15) is 14.4 Å². The van der Waals surface area contributed by atoms with Crippen molar-refractivity contribution in [1.82, 2.24) is 10.6 Å². The number of amides is 2. The van der Waals surface area contributed by atoms with Crippen LogP contribution in [0.2, 0.25) is 0 Å². The van der Waals surface area contributed by atoms with Crippen LogP contribution in [0.5, 0.6) is 0 Å². The van der Waals surface area contributed by atoms with Gasteiger partial charge < -0.3 is 20.5 Å². The molecule has 7 nitrogen and oxygen atoms in total. The van der Waals surface area contributed by atoms with Gasteiger partial charge in [0.05, 0.1) is 5.92 Å². The number of benzene rings is 2. The van der Waals surface area contributed by atoms with E-state index in [4.69, 9.17) is 9.84 Å². The van der Waals surface area contributed by atoms with Gasteiger partial charge in [-0.25, -0.2) is 4.79 Å². The van der Waals surface area contributed by atoms with Crippen LogP contribution >= 0.6 is 0 Å². The quantitative estimate of drug-likeness (QED) is 0.540. The lowest BCUT2D eigenvalue weighted by Gasteiger charge is -2.26. The van der Waals surface area contributed by atoms with Gasteiger partial charge in [0.1, 0.15) is 6.61 Å². The highest BCUT2D eigenvalue weighted by Crippen LogP contribution is 2.44. The number of nitrogens with one attached hydrogen (secondary N) is 2. The van der Waals surface area contributed by atoms with Crippen molar-refractivity contribution in [3.05, 3.63) is 59.7 Å². The third-order valence-corrected chi connectivity index (χ3v) is 6.98. The highest BCUT2D eigenvalue weighted by molar-refractivity contribution is 5.79. The summed E-state index contributed by atoms with van der Waals surface area (Å²) in [5.74, 6) is -0.811. The predicted octanol–water partition coefficient (Wildman–Crippen LogP) is 4.31. The van der Waals surface area contributed by atoms with Gasteiger partial charge in [0.15, 0.2) is 0 Å². The molecule has 2 aromatic carbocycles. The summed E-state index contributed by atoms with van der Waals surface area (Å²) in [5.41, 5.74) is 4.66. The third kappa shape index (κ3) is 5.58. The fraction of sp³-hybridized carbons (Fsp3) is 0.444. The van der Waals surface area contributed by atoms with Crippen molar-refractivity contribution >= 4 is 18.0 Å². The molecule has 0 bridgehead atoms. The van der Waals surface area contributed by atoms with Crippen molar-refractivity contribution in [1.29, 1.82) is 0 Å². The number of ether oxygens (including phenoxy) is 1. The van der Waals surface area contributed by atoms with Gasteiger partial charge in [0.2, 0.25) is 5.91 Å². The maximum absolute atomic E-state index is 12.4.